The van der Waals surface area contributed by atoms with Crippen LogP contribution in [0.4, 0.5) is 4.39 Å². The Kier molecular flexibility index (Phi) is 7.16. The normalized spacial score (nSPS) is 11.2. The number of nitrogens with one attached hydrogen (secondary N) is 2. The number of hydrogen-bond donors (Lipinski definition) is 2. The first-order chi connectivity index (χ1) is 12.3. The van der Waals surface area contributed by atoms with E-state index < -0.39 is 0 Å². The average molecular weight is 358 g/mol. The van der Waals surface area contributed by atoms with Crippen molar-refractivity contribution >= 4 is 5.91 Å². The number of hydrogen-bond acceptors (Lipinski definition) is 3. The zero-order valence-electron chi connectivity index (χ0n) is 15.6. The molecule has 0 fully saturated rings. The fraction of sp³-hybridized carbons (Fsp3) is 0.381. The monoisotopic (exact) mass is 358 g/mol. The molecule has 0 aromatic heterocycles. The van der Waals surface area contributed by atoms with Crippen molar-refractivity contribution in [1.82, 2.24) is 10.6 Å². The summed E-state index contributed by atoms with van der Waals surface area (Å²) in [5.41, 5.74) is 1.81. The molecule has 0 bridgehead atoms. The van der Waals surface area contributed by atoms with Crippen molar-refractivity contribution in [2.24, 2.45) is 0 Å². The zero-order valence-corrected chi connectivity index (χ0v) is 15.6. The number of halogens is 1. The third-order valence-corrected chi connectivity index (χ3v) is 3.66. The van der Waals surface area contributed by atoms with E-state index in [2.05, 4.69) is 10.6 Å². The highest BCUT2D eigenvalue weighted by Gasteiger charge is 2.14. The van der Waals surface area contributed by atoms with Gasteiger partial charge in [0.05, 0.1) is 0 Å². The van der Waals surface area contributed by atoms with E-state index in [0.717, 1.165) is 24.1 Å². The van der Waals surface area contributed by atoms with Crippen LogP contribution in [0.25, 0.3) is 0 Å². The van der Waals surface area contributed by atoms with Crippen LogP contribution >= 0.6 is 0 Å². The summed E-state index contributed by atoms with van der Waals surface area (Å²) >= 11 is 0. The quantitative estimate of drug-likeness (QED) is 0.711. The van der Waals surface area contributed by atoms with Crippen LogP contribution in [0.2, 0.25) is 0 Å². The lowest BCUT2D eigenvalue weighted by Crippen LogP contribution is -2.43. The molecule has 2 rings (SSSR count). The van der Waals surface area contributed by atoms with Crippen LogP contribution in [0, 0.1) is 5.82 Å². The van der Waals surface area contributed by atoms with E-state index in [9.17, 15) is 9.18 Å². The first kappa shape index (κ1) is 19.9. The average Bonchev–Trinajstić information content (AvgIpc) is 2.58. The Balaban J connectivity index is 1.80. The molecular formula is C21H27FN2O2. The lowest BCUT2D eigenvalue weighted by molar-refractivity contribution is -0.124. The molecule has 0 saturated carbocycles. The second-order valence-corrected chi connectivity index (χ2v) is 7.25. The van der Waals surface area contributed by atoms with E-state index in [0.29, 0.717) is 12.3 Å². The summed E-state index contributed by atoms with van der Waals surface area (Å²) in [7, 11) is 0. The standard InChI is InChI=1S/C21H27FN2O2/c1-21(2,3)24-20(25)15-26-19-7-5-4-6-17(19)14-23-13-12-16-8-10-18(22)11-9-16/h4-11,23H,12-15H2,1-3H3,(H,24,25). The van der Waals surface area contributed by atoms with Gasteiger partial charge in [-0.05, 0) is 57.5 Å². The van der Waals surface area contributed by atoms with E-state index in [1.807, 2.05) is 45.0 Å². The summed E-state index contributed by atoms with van der Waals surface area (Å²) in [6.45, 7) is 7.20. The predicted molar refractivity (Wildman–Crippen MR) is 102 cm³/mol. The van der Waals surface area contributed by atoms with Gasteiger partial charge in [0.2, 0.25) is 0 Å². The largest absolute Gasteiger partial charge is 0.483 e. The van der Waals surface area contributed by atoms with E-state index in [1.165, 1.54) is 12.1 Å². The molecule has 2 N–H and O–H groups in total. The summed E-state index contributed by atoms with van der Waals surface area (Å²) in [6, 6.07) is 14.2. The van der Waals surface area contributed by atoms with Gasteiger partial charge in [0.1, 0.15) is 11.6 Å². The minimum absolute atomic E-state index is 0.0101. The van der Waals surface area contributed by atoms with Crippen molar-refractivity contribution in [1.29, 1.82) is 0 Å². The smallest absolute Gasteiger partial charge is 0.258 e. The molecule has 0 aliphatic heterocycles. The van der Waals surface area contributed by atoms with E-state index >= 15 is 0 Å². The molecule has 4 nitrogen and oxygen atoms in total. The third-order valence-electron chi connectivity index (χ3n) is 3.66. The Labute approximate surface area is 154 Å². The van der Waals surface area contributed by atoms with Crippen LogP contribution in [0.15, 0.2) is 48.5 Å². The van der Waals surface area contributed by atoms with Crippen molar-refractivity contribution in [3.05, 3.63) is 65.5 Å². The number of ether oxygens (including phenoxy) is 1. The highest BCUT2D eigenvalue weighted by molar-refractivity contribution is 5.78. The van der Waals surface area contributed by atoms with Gasteiger partial charge in [0.15, 0.2) is 6.61 Å². The van der Waals surface area contributed by atoms with E-state index in [1.54, 1.807) is 12.1 Å². The van der Waals surface area contributed by atoms with Gasteiger partial charge in [-0.3, -0.25) is 4.79 Å². The Bertz CT molecular complexity index is 709. The van der Waals surface area contributed by atoms with E-state index in [4.69, 9.17) is 4.74 Å². The SMILES string of the molecule is CC(C)(C)NC(=O)COc1ccccc1CNCCc1ccc(F)cc1. The minimum Gasteiger partial charge on any atom is -0.483 e. The summed E-state index contributed by atoms with van der Waals surface area (Å²) in [4.78, 5) is 11.9. The fourth-order valence-electron chi connectivity index (χ4n) is 2.50. The number of rotatable bonds is 8. The summed E-state index contributed by atoms with van der Waals surface area (Å²) in [5, 5.41) is 6.23. The highest BCUT2D eigenvalue weighted by atomic mass is 19.1. The molecule has 1 amide bonds. The van der Waals surface area contributed by atoms with Crippen molar-refractivity contribution in [2.75, 3.05) is 13.2 Å². The topological polar surface area (TPSA) is 50.4 Å². The Hall–Kier alpha value is -2.40. The number of amides is 1. The molecular weight excluding hydrogens is 331 g/mol. The first-order valence-corrected chi connectivity index (χ1v) is 8.80. The molecule has 2 aromatic rings. The Morgan fingerprint density at radius 2 is 1.77 bits per heavy atom. The van der Waals surface area contributed by atoms with Gasteiger partial charge in [-0.1, -0.05) is 30.3 Å². The van der Waals surface area contributed by atoms with Gasteiger partial charge in [-0.2, -0.15) is 0 Å². The second-order valence-electron chi connectivity index (χ2n) is 7.25. The second kappa shape index (κ2) is 9.34. The summed E-state index contributed by atoms with van der Waals surface area (Å²) in [6.07, 6.45) is 0.817. The Morgan fingerprint density at radius 3 is 2.46 bits per heavy atom. The maximum Gasteiger partial charge on any atom is 0.258 e. The Morgan fingerprint density at radius 1 is 1.08 bits per heavy atom. The molecule has 0 heterocycles. The van der Waals surface area contributed by atoms with Gasteiger partial charge < -0.3 is 15.4 Å². The molecule has 0 atom stereocenters. The van der Waals surface area contributed by atoms with Gasteiger partial charge >= 0.3 is 0 Å². The van der Waals surface area contributed by atoms with Crippen LogP contribution < -0.4 is 15.4 Å². The minimum atomic E-state index is -0.276. The molecule has 140 valence electrons. The van der Waals surface area contributed by atoms with Crippen molar-refractivity contribution in [3.63, 3.8) is 0 Å². The summed E-state index contributed by atoms with van der Waals surface area (Å²) < 4.78 is 18.6. The third kappa shape index (κ3) is 7.23. The van der Waals surface area contributed by atoms with Crippen molar-refractivity contribution < 1.29 is 13.9 Å². The van der Waals surface area contributed by atoms with Crippen LogP contribution in [0.5, 0.6) is 5.75 Å². The molecule has 0 radical (unpaired) electrons. The van der Waals surface area contributed by atoms with Gasteiger partial charge in [0.25, 0.3) is 5.91 Å². The van der Waals surface area contributed by atoms with Crippen LogP contribution in [0.3, 0.4) is 0 Å². The molecule has 0 aliphatic carbocycles. The number of carbonyl (C=O) groups excluding carboxylic acids is 1. The molecule has 0 spiro atoms. The number of carbonyl (C=O) groups is 1. The van der Waals surface area contributed by atoms with Crippen LogP contribution in [0.1, 0.15) is 31.9 Å². The van der Waals surface area contributed by atoms with Crippen molar-refractivity contribution in [3.8, 4) is 5.75 Å². The molecule has 0 aliphatic rings. The van der Waals surface area contributed by atoms with Gasteiger partial charge in [-0.25, -0.2) is 4.39 Å². The number of benzene rings is 2. The van der Waals surface area contributed by atoms with E-state index in [-0.39, 0.29) is 23.9 Å². The van der Waals surface area contributed by atoms with Crippen LogP contribution in [-0.2, 0) is 17.8 Å². The molecule has 0 unspecified atom stereocenters. The first-order valence-electron chi connectivity index (χ1n) is 8.80. The molecule has 0 saturated heterocycles. The predicted octanol–water partition coefficient (Wildman–Crippen LogP) is 3.45. The maximum absolute atomic E-state index is 12.9. The zero-order chi connectivity index (χ0) is 19.0. The fourth-order valence-corrected chi connectivity index (χ4v) is 2.50. The lowest BCUT2D eigenvalue weighted by atomic mass is 10.1. The van der Waals surface area contributed by atoms with Crippen molar-refractivity contribution in [2.45, 2.75) is 39.3 Å². The van der Waals surface area contributed by atoms with Crippen LogP contribution in [-0.4, -0.2) is 24.6 Å². The maximum atomic E-state index is 12.9. The molecule has 5 heteroatoms. The lowest BCUT2D eigenvalue weighted by Gasteiger charge is -2.20. The van der Waals surface area contributed by atoms with Gasteiger partial charge in [0, 0.05) is 17.6 Å². The number of para-hydroxylation sites is 1. The molecule has 26 heavy (non-hydrogen) atoms. The highest BCUT2D eigenvalue weighted by Crippen LogP contribution is 2.17. The van der Waals surface area contributed by atoms with Gasteiger partial charge in [-0.15, -0.1) is 0 Å². The molecule has 2 aromatic carbocycles. The summed E-state index contributed by atoms with van der Waals surface area (Å²) in [5.74, 6) is 0.339.